The molecule has 1 unspecified atom stereocenters. The van der Waals surface area contributed by atoms with Gasteiger partial charge in [-0.1, -0.05) is 35.9 Å². The summed E-state index contributed by atoms with van der Waals surface area (Å²) < 4.78 is 5.91. The number of ketones is 1. The normalized spacial score (nSPS) is 15.4. The summed E-state index contributed by atoms with van der Waals surface area (Å²) in [5.41, 5.74) is 2.16. The fraction of sp³-hybridized carbons (Fsp3) is 0.0800. The van der Waals surface area contributed by atoms with E-state index in [1.54, 1.807) is 66.7 Å². The summed E-state index contributed by atoms with van der Waals surface area (Å²) >= 11 is 6.23. The predicted molar refractivity (Wildman–Crippen MR) is 119 cm³/mol. The molecule has 31 heavy (non-hydrogen) atoms. The maximum absolute atomic E-state index is 13.5. The molecule has 1 aromatic heterocycles. The molecule has 5 nitrogen and oxygen atoms in total. The molecule has 5 rings (SSSR count). The summed E-state index contributed by atoms with van der Waals surface area (Å²) in [7, 11) is 0. The number of nitrogens with zero attached hydrogens (tertiary/aromatic N) is 1. The Labute approximate surface area is 182 Å². The second-order valence-corrected chi connectivity index (χ2v) is 7.84. The Balaban J connectivity index is 1.78. The molecule has 0 saturated carbocycles. The number of hydrogen-bond donors (Lipinski definition) is 0. The average molecular weight is 430 g/mol. The maximum Gasteiger partial charge on any atom is 0.295 e. The number of Topliss-reactive ketones (excluding diaryl/α,β-unsaturated/α-hetero) is 1. The molecule has 0 spiro atoms. The van der Waals surface area contributed by atoms with E-state index < -0.39 is 11.9 Å². The summed E-state index contributed by atoms with van der Waals surface area (Å²) in [6.45, 7) is 1.48. The number of amides is 1. The van der Waals surface area contributed by atoms with Gasteiger partial charge < -0.3 is 4.42 Å². The first kappa shape index (κ1) is 19.3. The number of anilines is 1. The van der Waals surface area contributed by atoms with Gasteiger partial charge in [0.25, 0.3) is 5.91 Å². The Hall–Kier alpha value is -3.70. The predicted octanol–water partition coefficient (Wildman–Crippen LogP) is 5.40. The number of carbonyl (C=O) groups excluding carboxylic acids is 2. The summed E-state index contributed by atoms with van der Waals surface area (Å²) in [6, 6.07) is 20.0. The van der Waals surface area contributed by atoms with Crippen molar-refractivity contribution in [2.75, 3.05) is 4.90 Å². The topological polar surface area (TPSA) is 67.6 Å². The van der Waals surface area contributed by atoms with Gasteiger partial charge in [0.15, 0.2) is 11.2 Å². The molecule has 2 heterocycles. The quantitative estimate of drug-likeness (QED) is 0.409. The monoisotopic (exact) mass is 429 g/mol. The highest BCUT2D eigenvalue weighted by atomic mass is 35.5. The second kappa shape index (κ2) is 7.22. The lowest BCUT2D eigenvalue weighted by atomic mass is 9.98. The average Bonchev–Trinajstić information content (AvgIpc) is 3.07. The summed E-state index contributed by atoms with van der Waals surface area (Å²) in [4.78, 5) is 40.1. The van der Waals surface area contributed by atoms with E-state index in [-0.39, 0.29) is 22.5 Å². The largest absolute Gasteiger partial charge is 0.450 e. The van der Waals surface area contributed by atoms with Crippen LogP contribution in [-0.4, -0.2) is 11.7 Å². The first-order chi connectivity index (χ1) is 15.0. The third kappa shape index (κ3) is 3.05. The molecule has 0 bridgehead atoms. The van der Waals surface area contributed by atoms with Crippen LogP contribution in [0.5, 0.6) is 0 Å². The Morgan fingerprint density at radius 1 is 0.968 bits per heavy atom. The highest BCUT2D eigenvalue weighted by Gasteiger charge is 2.43. The van der Waals surface area contributed by atoms with Crippen molar-refractivity contribution in [1.29, 1.82) is 0 Å². The van der Waals surface area contributed by atoms with Crippen LogP contribution in [0.15, 0.2) is 82.0 Å². The van der Waals surface area contributed by atoms with Crippen LogP contribution < -0.4 is 10.3 Å². The van der Waals surface area contributed by atoms with Gasteiger partial charge in [-0.2, -0.15) is 0 Å². The van der Waals surface area contributed by atoms with E-state index in [9.17, 15) is 14.4 Å². The summed E-state index contributed by atoms with van der Waals surface area (Å²) in [5, 5.41) is 0.908. The van der Waals surface area contributed by atoms with E-state index in [0.717, 1.165) is 0 Å². The highest BCUT2D eigenvalue weighted by Crippen LogP contribution is 2.41. The second-order valence-electron chi connectivity index (χ2n) is 7.41. The molecule has 0 N–H and O–H groups in total. The Bertz CT molecular complexity index is 1420. The molecular formula is C25H16ClNO4. The van der Waals surface area contributed by atoms with Gasteiger partial charge in [0.2, 0.25) is 5.76 Å². The lowest BCUT2D eigenvalue weighted by Gasteiger charge is -2.25. The smallest absolute Gasteiger partial charge is 0.295 e. The molecular weight excluding hydrogens is 414 g/mol. The van der Waals surface area contributed by atoms with Crippen LogP contribution >= 0.6 is 11.6 Å². The van der Waals surface area contributed by atoms with Gasteiger partial charge in [-0.25, -0.2) is 0 Å². The molecule has 0 radical (unpaired) electrons. The standard InChI is InChI=1S/C25H16ClNO4/c1-14(28)15-9-11-18(12-10-15)27-22(16-5-4-6-17(26)13-16)21-23(29)19-7-2-3-8-20(19)31-24(21)25(27)30/h2-13,22H,1H3. The van der Waals surface area contributed by atoms with Crippen molar-refractivity contribution in [2.24, 2.45) is 0 Å². The summed E-state index contributed by atoms with van der Waals surface area (Å²) in [6.07, 6.45) is 0. The minimum Gasteiger partial charge on any atom is -0.450 e. The number of para-hydroxylation sites is 1. The SMILES string of the molecule is CC(=O)c1ccc(N2C(=O)c3oc4ccccc4c(=O)c3C2c2cccc(Cl)c2)cc1. The zero-order valence-corrected chi connectivity index (χ0v) is 17.2. The van der Waals surface area contributed by atoms with Crippen molar-refractivity contribution in [3.8, 4) is 0 Å². The number of carbonyl (C=O) groups is 2. The lowest BCUT2D eigenvalue weighted by molar-refractivity contribution is 0.0970. The van der Waals surface area contributed by atoms with Crippen LogP contribution in [0.1, 0.15) is 45.0 Å². The fourth-order valence-electron chi connectivity index (χ4n) is 4.03. The molecule has 0 aliphatic carbocycles. The molecule has 3 aromatic carbocycles. The van der Waals surface area contributed by atoms with Gasteiger partial charge in [0.1, 0.15) is 5.58 Å². The van der Waals surface area contributed by atoms with E-state index in [4.69, 9.17) is 16.0 Å². The molecule has 0 fully saturated rings. The number of halogens is 1. The van der Waals surface area contributed by atoms with E-state index in [1.165, 1.54) is 11.8 Å². The van der Waals surface area contributed by atoms with Crippen molar-refractivity contribution >= 4 is 39.9 Å². The first-order valence-electron chi connectivity index (χ1n) is 9.71. The molecule has 0 saturated heterocycles. The lowest BCUT2D eigenvalue weighted by Crippen LogP contribution is -2.29. The van der Waals surface area contributed by atoms with Gasteiger partial charge >= 0.3 is 0 Å². The van der Waals surface area contributed by atoms with Crippen LogP contribution in [-0.2, 0) is 0 Å². The molecule has 1 amide bonds. The van der Waals surface area contributed by atoms with E-state index in [2.05, 4.69) is 0 Å². The number of benzene rings is 3. The van der Waals surface area contributed by atoms with Crippen LogP contribution in [0.2, 0.25) is 5.02 Å². The third-order valence-corrected chi connectivity index (χ3v) is 5.73. The molecule has 1 atom stereocenters. The van der Waals surface area contributed by atoms with Crippen LogP contribution in [0.25, 0.3) is 11.0 Å². The third-order valence-electron chi connectivity index (χ3n) is 5.49. The molecule has 6 heteroatoms. The maximum atomic E-state index is 13.5. The van der Waals surface area contributed by atoms with Gasteiger partial charge in [0.05, 0.1) is 17.0 Å². The van der Waals surface area contributed by atoms with Crippen molar-refractivity contribution in [3.05, 3.63) is 110 Å². The van der Waals surface area contributed by atoms with Gasteiger partial charge in [-0.3, -0.25) is 19.3 Å². The Morgan fingerprint density at radius 3 is 2.42 bits per heavy atom. The summed E-state index contributed by atoms with van der Waals surface area (Å²) in [5.74, 6) is -0.472. The van der Waals surface area contributed by atoms with Crippen molar-refractivity contribution in [3.63, 3.8) is 0 Å². The van der Waals surface area contributed by atoms with Gasteiger partial charge in [-0.15, -0.1) is 0 Å². The van der Waals surface area contributed by atoms with Crippen LogP contribution in [0.3, 0.4) is 0 Å². The molecule has 1 aliphatic rings. The fourth-order valence-corrected chi connectivity index (χ4v) is 4.23. The highest BCUT2D eigenvalue weighted by molar-refractivity contribution is 6.30. The van der Waals surface area contributed by atoms with Crippen LogP contribution in [0, 0.1) is 0 Å². The van der Waals surface area contributed by atoms with Crippen molar-refractivity contribution in [2.45, 2.75) is 13.0 Å². The zero-order chi connectivity index (χ0) is 21.7. The molecule has 1 aliphatic heterocycles. The minimum absolute atomic E-state index is 0.0179. The van der Waals surface area contributed by atoms with Crippen molar-refractivity contribution in [1.82, 2.24) is 0 Å². The van der Waals surface area contributed by atoms with Gasteiger partial charge in [0, 0.05) is 16.3 Å². The zero-order valence-electron chi connectivity index (χ0n) is 16.5. The van der Waals surface area contributed by atoms with E-state index in [0.29, 0.717) is 32.8 Å². The van der Waals surface area contributed by atoms with Crippen molar-refractivity contribution < 1.29 is 14.0 Å². The first-order valence-corrected chi connectivity index (χ1v) is 10.1. The molecule has 4 aromatic rings. The minimum atomic E-state index is -0.703. The Kier molecular flexibility index (Phi) is 4.49. The van der Waals surface area contributed by atoms with Crippen LogP contribution in [0.4, 0.5) is 5.69 Å². The number of rotatable bonds is 3. The van der Waals surface area contributed by atoms with Gasteiger partial charge in [-0.05, 0) is 61.0 Å². The Morgan fingerprint density at radius 2 is 1.71 bits per heavy atom. The molecule has 152 valence electrons. The van der Waals surface area contributed by atoms with E-state index in [1.807, 2.05) is 6.07 Å². The number of fused-ring (bicyclic) bond motifs is 2. The van der Waals surface area contributed by atoms with E-state index >= 15 is 0 Å². The number of hydrogen-bond acceptors (Lipinski definition) is 4.